The van der Waals surface area contributed by atoms with E-state index in [4.69, 9.17) is 9.31 Å². The van der Waals surface area contributed by atoms with Crippen molar-refractivity contribution in [2.24, 2.45) is 4.99 Å². The molecule has 0 amide bonds. The van der Waals surface area contributed by atoms with Crippen LogP contribution in [0.15, 0.2) is 34.7 Å². The number of hydrogen-bond donors (Lipinski definition) is 0. The van der Waals surface area contributed by atoms with Crippen molar-refractivity contribution in [3.05, 3.63) is 35.4 Å². The van der Waals surface area contributed by atoms with Crippen molar-refractivity contribution in [3.8, 4) is 0 Å². The van der Waals surface area contributed by atoms with Gasteiger partial charge in [0.15, 0.2) is 5.83 Å². The first-order chi connectivity index (χ1) is 10.2. The van der Waals surface area contributed by atoms with E-state index in [1.54, 1.807) is 19.2 Å². The van der Waals surface area contributed by atoms with Crippen LogP contribution in [0.4, 0.5) is 4.39 Å². The second-order valence-electron chi connectivity index (χ2n) is 6.82. The highest BCUT2D eigenvalue weighted by Crippen LogP contribution is 2.36. The number of nitrogens with zero attached hydrogens (tertiary/aromatic N) is 2. The zero-order valence-electron chi connectivity index (χ0n) is 13.6. The van der Waals surface area contributed by atoms with Crippen molar-refractivity contribution >= 4 is 18.3 Å². The largest absolute Gasteiger partial charge is 0.496 e. The molecule has 0 unspecified atom stereocenters. The second kappa shape index (κ2) is 5.00. The van der Waals surface area contributed by atoms with Crippen molar-refractivity contribution in [2.45, 2.75) is 45.8 Å². The molecular formula is C16H20BFN2O2. The van der Waals surface area contributed by atoms with Gasteiger partial charge in [0.1, 0.15) is 5.71 Å². The minimum absolute atomic E-state index is 0.268. The molecule has 1 aromatic rings. The van der Waals surface area contributed by atoms with Crippen LogP contribution < -0.4 is 5.46 Å². The first kappa shape index (κ1) is 15.4. The third-order valence-electron chi connectivity index (χ3n) is 4.61. The van der Waals surface area contributed by atoms with Crippen molar-refractivity contribution in [3.63, 3.8) is 0 Å². The zero-order chi connectivity index (χ0) is 16.1. The minimum Gasteiger partial charge on any atom is -0.399 e. The summed E-state index contributed by atoms with van der Waals surface area (Å²) in [6.07, 6.45) is 1.67. The predicted octanol–water partition coefficient (Wildman–Crippen LogP) is 2.43. The summed E-state index contributed by atoms with van der Waals surface area (Å²) in [6.45, 7) is 10.2. The SMILES string of the molecule is CC1=C(F)C(c2ccc(B3OC(C)(C)C(C)(C)O3)cn2)=NC1. The van der Waals surface area contributed by atoms with Crippen molar-refractivity contribution in [2.75, 3.05) is 6.54 Å². The van der Waals surface area contributed by atoms with Gasteiger partial charge in [0.2, 0.25) is 0 Å². The second-order valence-corrected chi connectivity index (χ2v) is 6.82. The first-order valence-corrected chi connectivity index (χ1v) is 7.43. The quantitative estimate of drug-likeness (QED) is 0.788. The molecule has 3 rings (SSSR count). The van der Waals surface area contributed by atoms with Gasteiger partial charge in [-0.2, -0.15) is 0 Å². The van der Waals surface area contributed by atoms with Crippen molar-refractivity contribution < 1.29 is 13.7 Å². The summed E-state index contributed by atoms with van der Waals surface area (Å²) in [5, 5.41) is 0. The highest BCUT2D eigenvalue weighted by Gasteiger charge is 2.51. The third kappa shape index (κ3) is 2.40. The van der Waals surface area contributed by atoms with E-state index in [1.165, 1.54) is 0 Å². The third-order valence-corrected chi connectivity index (χ3v) is 4.61. The Morgan fingerprint density at radius 2 is 1.77 bits per heavy atom. The maximum atomic E-state index is 13.9. The van der Waals surface area contributed by atoms with Crippen molar-refractivity contribution in [1.82, 2.24) is 4.98 Å². The van der Waals surface area contributed by atoms with Crippen LogP contribution in [-0.2, 0) is 9.31 Å². The molecule has 0 radical (unpaired) electrons. The maximum Gasteiger partial charge on any atom is 0.496 e. The van der Waals surface area contributed by atoms with E-state index >= 15 is 0 Å². The standard InChI is InChI=1S/C16H20BFN2O2/c1-10-8-20-14(13(10)18)12-7-6-11(9-19-12)17-21-15(2,3)16(4,5)22-17/h6-7,9H,8H2,1-5H3. The molecular weight excluding hydrogens is 282 g/mol. The number of pyridine rings is 1. The summed E-state index contributed by atoms with van der Waals surface area (Å²) in [5.74, 6) is -0.268. The van der Waals surface area contributed by atoms with Gasteiger partial charge in [0, 0.05) is 11.7 Å². The van der Waals surface area contributed by atoms with Gasteiger partial charge in [-0.25, -0.2) is 4.39 Å². The van der Waals surface area contributed by atoms with Crippen LogP contribution in [0.3, 0.4) is 0 Å². The first-order valence-electron chi connectivity index (χ1n) is 7.43. The number of allylic oxidation sites excluding steroid dienone is 1. The molecule has 1 aromatic heterocycles. The van der Waals surface area contributed by atoms with E-state index in [0.717, 1.165) is 5.46 Å². The average molecular weight is 302 g/mol. The van der Waals surface area contributed by atoms with Gasteiger partial charge in [0.05, 0.1) is 23.4 Å². The number of aliphatic imine (C=N–C) groups is 1. The van der Waals surface area contributed by atoms with Gasteiger partial charge < -0.3 is 9.31 Å². The lowest BCUT2D eigenvalue weighted by molar-refractivity contribution is 0.00578. The summed E-state index contributed by atoms with van der Waals surface area (Å²) in [5.41, 5.74) is 1.55. The fraction of sp³-hybridized carbons (Fsp3) is 0.500. The molecule has 1 fully saturated rings. The Kier molecular flexibility index (Phi) is 3.49. The van der Waals surface area contributed by atoms with E-state index in [2.05, 4.69) is 9.98 Å². The molecule has 0 aromatic carbocycles. The summed E-state index contributed by atoms with van der Waals surface area (Å²) < 4.78 is 25.9. The summed E-state index contributed by atoms with van der Waals surface area (Å²) in [7, 11) is -0.459. The predicted molar refractivity (Wildman–Crippen MR) is 85.2 cm³/mol. The molecule has 1 saturated heterocycles. The van der Waals surface area contributed by atoms with Crippen LogP contribution in [-0.4, -0.2) is 35.6 Å². The van der Waals surface area contributed by atoms with E-state index in [0.29, 0.717) is 23.5 Å². The Morgan fingerprint density at radius 1 is 1.14 bits per heavy atom. The van der Waals surface area contributed by atoms with Gasteiger partial charge >= 0.3 is 7.12 Å². The molecule has 0 aliphatic carbocycles. The van der Waals surface area contributed by atoms with Gasteiger partial charge in [-0.1, -0.05) is 6.07 Å². The summed E-state index contributed by atoms with van der Waals surface area (Å²) >= 11 is 0. The highest BCUT2D eigenvalue weighted by atomic mass is 19.1. The molecule has 0 saturated carbocycles. The van der Waals surface area contributed by atoms with E-state index in [-0.39, 0.29) is 5.83 Å². The molecule has 4 nitrogen and oxygen atoms in total. The van der Waals surface area contributed by atoms with Crippen LogP contribution in [0.25, 0.3) is 0 Å². The van der Waals surface area contributed by atoms with E-state index in [9.17, 15) is 4.39 Å². The molecule has 116 valence electrons. The Bertz CT molecular complexity index is 649. The van der Waals surface area contributed by atoms with Crippen molar-refractivity contribution in [1.29, 1.82) is 0 Å². The lowest BCUT2D eigenvalue weighted by atomic mass is 9.80. The van der Waals surface area contributed by atoms with E-state index in [1.807, 2.05) is 33.8 Å². The molecule has 0 bridgehead atoms. The topological polar surface area (TPSA) is 43.7 Å². The maximum absolute atomic E-state index is 13.9. The Balaban J connectivity index is 1.82. The summed E-state index contributed by atoms with van der Waals surface area (Å²) in [4.78, 5) is 8.50. The van der Waals surface area contributed by atoms with Crippen LogP contribution in [0.1, 0.15) is 40.3 Å². The molecule has 2 aliphatic heterocycles. The Labute approximate surface area is 130 Å². The number of rotatable bonds is 2. The molecule has 2 aliphatic rings. The van der Waals surface area contributed by atoms with Gasteiger partial charge in [0.25, 0.3) is 0 Å². The monoisotopic (exact) mass is 302 g/mol. The van der Waals surface area contributed by atoms with E-state index < -0.39 is 18.3 Å². The van der Waals surface area contributed by atoms with Crippen LogP contribution in [0.5, 0.6) is 0 Å². The molecule has 3 heterocycles. The number of hydrogen-bond acceptors (Lipinski definition) is 4. The van der Waals surface area contributed by atoms with Crippen LogP contribution in [0.2, 0.25) is 0 Å². The molecule has 6 heteroatoms. The fourth-order valence-electron chi connectivity index (χ4n) is 2.40. The molecule has 0 atom stereocenters. The average Bonchev–Trinajstić information content (AvgIpc) is 2.88. The molecule has 0 N–H and O–H groups in total. The smallest absolute Gasteiger partial charge is 0.399 e. The number of halogens is 1. The Hall–Kier alpha value is -1.53. The lowest BCUT2D eigenvalue weighted by Gasteiger charge is -2.32. The molecule has 22 heavy (non-hydrogen) atoms. The normalized spacial score (nSPS) is 23.2. The van der Waals surface area contributed by atoms with Gasteiger partial charge in [-0.05, 0) is 46.3 Å². The van der Waals surface area contributed by atoms with Gasteiger partial charge in [-0.15, -0.1) is 0 Å². The molecule has 0 spiro atoms. The zero-order valence-corrected chi connectivity index (χ0v) is 13.6. The fourth-order valence-corrected chi connectivity index (χ4v) is 2.40. The van der Waals surface area contributed by atoms with Crippen LogP contribution >= 0.6 is 0 Å². The lowest BCUT2D eigenvalue weighted by Crippen LogP contribution is -2.41. The number of aromatic nitrogens is 1. The minimum atomic E-state index is -0.459. The highest BCUT2D eigenvalue weighted by molar-refractivity contribution is 6.62. The van der Waals surface area contributed by atoms with Crippen LogP contribution in [0, 0.1) is 0 Å². The van der Waals surface area contributed by atoms with Gasteiger partial charge in [-0.3, -0.25) is 9.98 Å². The summed E-state index contributed by atoms with van der Waals surface area (Å²) in [6, 6.07) is 3.62. The Morgan fingerprint density at radius 3 is 2.23 bits per heavy atom.